The molecular weight excluding hydrogens is 415 g/mol. The average molecular weight is 439 g/mol. The predicted molar refractivity (Wildman–Crippen MR) is 117 cm³/mol. The number of anilines is 1. The van der Waals surface area contributed by atoms with Crippen LogP contribution in [0.2, 0.25) is 0 Å². The summed E-state index contributed by atoms with van der Waals surface area (Å²) in [5, 5.41) is 8.47. The zero-order valence-corrected chi connectivity index (χ0v) is 17.7. The van der Waals surface area contributed by atoms with Gasteiger partial charge in [0, 0.05) is 22.7 Å². The van der Waals surface area contributed by atoms with E-state index < -0.39 is 23.7 Å². The summed E-state index contributed by atoms with van der Waals surface area (Å²) < 4.78 is 18.7. The van der Waals surface area contributed by atoms with Crippen LogP contribution >= 0.6 is 11.5 Å². The predicted octanol–water partition coefficient (Wildman–Crippen LogP) is 4.51. The van der Waals surface area contributed by atoms with Crippen LogP contribution in [0.15, 0.2) is 60.0 Å². The summed E-state index contributed by atoms with van der Waals surface area (Å²) in [5.74, 6) is -1.46. The molecule has 0 aliphatic heterocycles. The molecule has 6 nitrogen and oxygen atoms in total. The van der Waals surface area contributed by atoms with Crippen molar-refractivity contribution in [3.05, 3.63) is 77.1 Å². The van der Waals surface area contributed by atoms with Gasteiger partial charge in [-0.05, 0) is 42.6 Å². The normalized spacial score (nSPS) is 15.3. The van der Waals surface area contributed by atoms with Crippen LogP contribution in [0.1, 0.15) is 54.2 Å². The maximum Gasteiger partial charge on any atom is 0.280 e. The third kappa shape index (κ3) is 4.80. The summed E-state index contributed by atoms with van der Waals surface area (Å²) >= 11 is 1.04. The number of halogens is 1. The van der Waals surface area contributed by atoms with Gasteiger partial charge >= 0.3 is 0 Å². The van der Waals surface area contributed by atoms with Crippen molar-refractivity contribution in [3.8, 4) is 0 Å². The third-order valence-corrected chi connectivity index (χ3v) is 5.99. The lowest BCUT2D eigenvalue weighted by molar-refractivity contribution is -0.123. The minimum Gasteiger partial charge on any atom is -0.351 e. The molecule has 31 heavy (non-hydrogen) atoms. The van der Waals surface area contributed by atoms with E-state index in [2.05, 4.69) is 14.9 Å². The Balaban J connectivity index is 1.78. The zero-order chi connectivity index (χ0) is 21.6. The Bertz CT molecular complexity index is 1020. The van der Waals surface area contributed by atoms with Crippen molar-refractivity contribution < 1.29 is 14.0 Å². The molecule has 1 fully saturated rings. The first-order valence-corrected chi connectivity index (χ1v) is 11.2. The zero-order valence-electron chi connectivity index (χ0n) is 16.9. The summed E-state index contributed by atoms with van der Waals surface area (Å²) in [5.41, 5.74) is 0.726. The van der Waals surface area contributed by atoms with Gasteiger partial charge in [0.2, 0.25) is 5.91 Å². The lowest BCUT2D eigenvalue weighted by Gasteiger charge is -2.33. The highest BCUT2D eigenvalue weighted by Crippen LogP contribution is 2.31. The fourth-order valence-corrected chi connectivity index (χ4v) is 4.40. The largest absolute Gasteiger partial charge is 0.351 e. The molecule has 2 aromatic carbocycles. The van der Waals surface area contributed by atoms with Crippen molar-refractivity contribution >= 4 is 29.0 Å². The van der Waals surface area contributed by atoms with Crippen LogP contribution in [0.25, 0.3) is 0 Å². The van der Waals surface area contributed by atoms with Crippen molar-refractivity contribution in [2.24, 2.45) is 0 Å². The molecule has 2 amide bonds. The second kappa shape index (κ2) is 9.78. The number of rotatable bonds is 6. The Morgan fingerprint density at radius 2 is 1.74 bits per heavy atom. The Labute approximate surface area is 184 Å². The SMILES string of the molecule is O=C(NC1CCCCC1)[C@H](c1ccccc1F)N(C(=O)c1csnn1)c1ccccc1. The molecule has 1 aliphatic rings. The van der Waals surface area contributed by atoms with E-state index in [-0.39, 0.29) is 17.3 Å². The van der Waals surface area contributed by atoms with Crippen LogP contribution in [0, 0.1) is 5.82 Å². The number of aromatic nitrogens is 2. The Morgan fingerprint density at radius 1 is 1.03 bits per heavy atom. The first kappa shape index (κ1) is 21.1. The fraction of sp³-hybridized carbons (Fsp3) is 0.304. The van der Waals surface area contributed by atoms with Gasteiger partial charge in [-0.3, -0.25) is 14.5 Å². The van der Waals surface area contributed by atoms with Crippen molar-refractivity contribution in [1.82, 2.24) is 14.9 Å². The summed E-state index contributed by atoms with van der Waals surface area (Å²) in [7, 11) is 0. The number of benzene rings is 2. The molecule has 1 aliphatic carbocycles. The van der Waals surface area contributed by atoms with Crippen LogP contribution in [0.3, 0.4) is 0 Å². The number of carbonyl (C=O) groups is 2. The molecule has 1 aromatic heterocycles. The van der Waals surface area contributed by atoms with E-state index in [0.717, 1.165) is 43.6 Å². The minimum atomic E-state index is -1.18. The van der Waals surface area contributed by atoms with E-state index in [1.54, 1.807) is 42.5 Å². The van der Waals surface area contributed by atoms with E-state index in [0.29, 0.717) is 5.69 Å². The third-order valence-electron chi connectivity index (χ3n) is 5.49. The number of nitrogens with one attached hydrogen (secondary N) is 1. The standard InChI is InChI=1S/C23H23FN4O2S/c24-19-14-8-7-13-18(19)21(22(29)25-16-9-3-1-4-10-16)28(17-11-5-2-6-12-17)23(30)20-15-31-27-26-20/h2,5-8,11-16,21H,1,3-4,9-10H2,(H,25,29)/t21-/m0/s1. The number of hydrogen-bond acceptors (Lipinski definition) is 5. The Kier molecular flexibility index (Phi) is 6.66. The molecule has 1 saturated carbocycles. The molecule has 160 valence electrons. The van der Waals surface area contributed by atoms with Crippen molar-refractivity contribution in [1.29, 1.82) is 0 Å². The lowest BCUT2D eigenvalue weighted by Crippen LogP contribution is -2.47. The summed E-state index contributed by atoms with van der Waals surface area (Å²) in [6.07, 6.45) is 4.99. The summed E-state index contributed by atoms with van der Waals surface area (Å²) in [6.45, 7) is 0. The highest BCUT2D eigenvalue weighted by molar-refractivity contribution is 7.03. The van der Waals surface area contributed by atoms with Gasteiger partial charge in [-0.2, -0.15) is 0 Å². The number of amides is 2. The van der Waals surface area contributed by atoms with Crippen molar-refractivity contribution in [3.63, 3.8) is 0 Å². The van der Waals surface area contributed by atoms with Crippen LogP contribution in [0.4, 0.5) is 10.1 Å². The van der Waals surface area contributed by atoms with Gasteiger partial charge in [-0.25, -0.2) is 4.39 Å². The number of para-hydroxylation sites is 1. The van der Waals surface area contributed by atoms with Gasteiger partial charge in [-0.1, -0.05) is 60.1 Å². The highest BCUT2D eigenvalue weighted by Gasteiger charge is 2.36. The Morgan fingerprint density at radius 3 is 2.42 bits per heavy atom. The molecule has 1 N–H and O–H groups in total. The smallest absolute Gasteiger partial charge is 0.280 e. The molecule has 0 bridgehead atoms. The minimum absolute atomic E-state index is 0.0178. The van der Waals surface area contributed by atoms with E-state index in [9.17, 15) is 14.0 Å². The van der Waals surface area contributed by atoms with Gasteiger partial charge in [0.1, 0.15) is 11.9 Å². The van der Waals surface area contributed by atoms with Crippen molar-refractivity contribution in [2.75, 3.05) is 4.90 Å². The monoisotopic (exact) mass is 438 g/mol. The molecule has 1 atom stereocenters. The summed E-state index contributed by atoms with van der Waals surface area (Å²) in [4.78, 5) is 28.3. The van der Waals surface area contributed by atoms with Gasteiger partial charge in [0.25, 0.3) is 5.91 Å². The molecule has 0 saturated heterocycles. The van der Waals surface area contributed by atoms with E-state index in [1.165, 1.54) is 16.3 Å². The van der Waals surface area contributed by atoms with Gasteiger partial charge < -0.3 is 5.32 Å². The molecule has 3 aromatic rings. The highest BCUT2D eigenvalue weighted by atomic mass is 32.1. The van der Waals surface area contributed by atoms with Gasteiger partial charge in [0.05, 0.1) is 0 Å². The van der Waals surface area contributed by atoms with E-state index in [4.69, 9.17) is 0 Å². The quantitative estimate of drug-likeness (QED) is 0.614. The Hall–Kier alpha value is -3.13. The number of carbonyl (C=O) groups excluding carboxylic acids is 2. The molecule has 0 radical (unpaired) electrons. The molecular formula is C23H23FN4O2S. The first-order valence-electron chi connectivity index (χ1n) is 10.4. The lowest BCUT2D eigenvalue weighted by atomic mass is 9.94. The van der Waals surface area contributed by atoms with Crippen LogP contribution in [-0.2, 0) is 4.79 Å². The van der Waals surface area contributed by atoms with Crippen LogP contribution in [-0.4, -0.2) is 27.4 Å². The number of nitrogens with zero attached hydrogens (tertiary/aromatic N) is 3. The van der Waals surface area contributed by atoms with Crippen LogP contribution < -0.4 is 10.2 Å². The van der Waals surface area contributed by atoms with Gasteiger partial charge in [-0.15, -0.1) is 5.10 Å². The van der Waals surface area contributed by atoms with E-state index >= 15 is 0 Å². The summed E-state index contributed by atoms with van der Waals surface area (Å²) in [6, 6.07) is 13.7. The maximum absolute atomic E-state index is 14.9. The number of hydrogen-bond donors (Lipinski definition) is 1. The first-order chi connectivity index (χ1) is 15.1. The molecule has 1 heterocycles. The second-order valence-electron chi connectivity index (χ2n) is 7.57. The van der Waals surface area contributed by atoms with Crippen molar-refractivity contribution in [2.45, 2.75) is 44.2 Å². The fourth-order valence-electron chi connectivity index (χ4n) is 3.97. The van der Waals surface area contributed by atoms with Gasteiger partial charge in [0.15, 0.2) is 5.69 Å². The van der Waals surface area contributed by atoms with Crippen LogP contribution in [0.5, 0.6) is 0 Å². The maximum atomic E-state index is 14.9. The molecule has 0 unspecified atom stereocenters. The second-order valence-corrected chi connectivity index (χ2v) is 8.18. The molecule has 4 rings (SSSR count). The topological polar surface area (TPSA) is 75.2 Å². The average Bonchev–Trinajstić information content (AvgIpc) is 3.34. The molecule has 0 spiro atoms. The van der Waals surface area contributed by atoms with E-state index in [1.807, 2.05) is 6.07 Å². The molecule has 8 heteroatoms.